The van der Waals surface area contributed by atoms with Gasteiger partial charge in [0.2, 0.25) is 5.91 Å². The molecule has 1 unspecified atom stereocenters. The number of carbonyl (C=O) groups excluding carboxylic acids is 2. The molecule has 4 fully saturated rings. The maximum atomic E-state index is 14.2. The maximum Gasteiger partial charge on any atom is 0.251 e. The highest BCUT2D eigenvalue weighted by Crippen LogP contribution is 2.81. The first-order chi connectivity index (χ1) is 22.7. The molecular weight excluding hydrogens is 604 g/mol. The van der Waals surface area contributed by atoms with Gasteiger partial charge in [0.05, 0.1) is 19.3 Å². The Balaban J connectivity index is 1.19. The summed E-state index contributed by atoms with van der Waals surface area (Å²) in [7, 11) is 4.04. The number of benzene rings is 2. The molecule has 10 atom stereocenters. The highest BCUT2D eigenvalue weighted by Gasteiger charge is 2.83. The summed E-state index contributed by atoms with van der Waals surface area (Å²) in [6.45, 7) is 13.8. The molecule has 9 heteroatoms. The van der Waals surface area contributed by atoms with Crippen molar-refractivity contribution in [2.75, 3.05) is 27.2 Å². The van der Waals surface area contributed by atoms with E-state index in [1.165, 1.54) is 0 Å². The second kappa shape index (κ2) is 13.1. The van der Waals surface area contributed by atoms with Crippen molar-refractivity contribution in [3.63, 3.8) is 0 Å². The van der Waals surface area contributed by atoms with E-state index in [0.717, 1.165) is 36.1 Å². The standard InChI is InChI=1S/C39H56N4O5/c1-22(2)15-29(20-42(7)8)40-36(46)28-14-10-13-27(17-28)26-12-9-11-25(16-26)19-43-35(32(24(4)45)31(21-44)48-43)37(47)41-39-18-30-34(39)33(23(39)3)38(30,5)6/h9-14,16-17,22-24,29-35,44-45H,15,18-21H2,1-8H3,(H,40,46)(H,41,47)/t23-,24-,29-,30-,31-,32+,33+,34?,35-,39+/m0/s1. The van der Waals surface area contributed by atoms with Gasteiger partial charge in [0, 0.05) is 29.6 Å². The Hall–Kier alpha value is -2.82. The summed E-state index contributed by atoms with van der Waals surface area (Å²) in [4.78, 5) is 35.8. The molecule has 4 aliphatic rings. The SMILES string of the molecule is CC(C)C[C@@H](CN(C)C)NC(=O)c1cccc(-c2cccc(CN3O[C@@H](CO)[C@@H]([C@H](C)O)[C@H]3C(=O)N[C@@]34C[C@H]5C3[C@@H]([C@@H]4C)C5(C)C)c2)c1. The van der Waals surface area contributed by atoms with E-state index < -0.39 is 24.2 Å². The minimum Gasteiger partial charge on any atom is -0.394 e. The van der Waals surface area contributed by atoms with Crippen LogP contribution in [0.15, 0.2) is 48.5 Å². The van der Waals surface area contributed by atoms with Crippen molar-refractivity contribution in [1.29, 1.82) is 0 Å². The third-order valence-corrected chi connectivity index (χ3v) is 12.3. The first-order valence-electron chi connectivity index (χ1n) is 17.9. The van der Waals surface area contributed by atoms with Crippen LogP contribution in [0.5, 0.6) is 0 Å². The van der Waals surface area contributed by atoms with Gasteiger partial charge in [0.25, 0.3) is 5.91 Å². The number of aliphatic hydroxyl groups excluding tert-OH is 2. The molecule has 1 heterocycles. The second-order valence-corrected chi connectivity index (χ2v) is 16.5. The van der Waals surface area contributed by atoms with E-state index in [0.29, 0.717) is 47.1 Å². The predicted octanol–water partition coefficient (Wildman–Crippen LogP) is 4.33. The van der Waals surface area contributed by atoms with Crippen molar-refractivity contribution in [3.05, 3.63) is 59.7 Å². The second-order valence-electron chi connectivity index (χ2n) is 16.5. The number of amides is 2. The van der Waals surface area contributed by atoms with E-state index in [4.69, 9.17) is 4.84 Å². The van der Waals surface area contributed by atoms with Gasteiger partial charge in [0.1, 0.15) is 12.1 Å². The van der Waals surface area contributed by atoms with Crippen LogP contribution >= 0.6 is 0 Å². The van der Waals surface area contributed by atoms with Gasteiger partial charge in [-0.2, -0.15) is 5.06 Å². The molecule has 48 heavy (non-hydrogen) atoms. The molecule has 1 saturated heterocycles. The molecule has 2 aromatic rings. The lowest BCUT2D eigenvalue weighted by Gasteiger charge is -2.86. The molecule has 0 radical (unpaired) electrons. The average Bonchev–Trinajstić information content (AvgIpc) is 3.39. The van der Waals surface area contributed by atoms with Gasteiger partial charge in [0.15, 0.2) is 0 Å². The number of hydroxylamine groups is 2. The minimum atomic E-state index is -0.846. The van der Waals surface area contributed by atoms with E-state index in [2.05, 4.69) is 56.2 Å². The predicted molar refractivity (Wildman–Crippen MR) is 187 cm³/mol. The van der Waals surface area contributed by atoms with Gasteiger partial charge in [-0.1, -0.05) is 65.0 Å². The number of hydrogen-bond donors (Lipinski definition) is 4. The number of aliphatic hydroxyl groups is 2. The lowest BCUT2D eigenvalue weighted by molar-refractivity contribution is -0.349. The van der Waals surface area contributed by atoms with Crippen LogP contribution in [-0.2, 0) is 16.2 Å². The lowest BCUT2D eigenvalue weighted by atomic mass is 9.21. The van der Waals surface area contributed by atoms with Gasteiger partial charge in [-0.25, -0.2) is 0 Å². The molecule has 3 aliphatic carbocycles. The van der Waals surface area contributed by atoms with Crippen LogP contribution in [0.3, 0.4) is 0 Å². The van der Waals surface area contributed by atoms with Crippen LogP contribution in [0.2, 0.25) is 0 Å². The largest absolute Gasteiger partial charge is 0.394 e. The van der Waals surface area contributed by atoms with Crippen molar-refractivity contribution in [3.8, 4) is 11.1 Å². The third-order valence-electron chi connectivity index (χ3n) is 12.3. The maximum absolute atomic E-state index is 14.2. The topological polar surface area (TPSA) is 114 Å². The molecule has 3 saturated carbocycles. The van der Waals surface area contributed by atoms with Gasteiger partial charge < -0.3 is 25.7 Å². The van der Waals surface area contributed by atoms with Crippen LogP contribution in [0.25, 0.3) is 11.1 Å². The van der Waals surface area contributed by atoms with E-state index in [1.54, 1.807) is 12.0 Å². The normalized spacial score (nSPS) is 32.9. The monoisotopic (exact) mass is 660 g/mol. The van der Waals surface area contributed by atoms with Crippen LogP contribution in [0, 0.1) is 40.9 Å². The fourth-order valence-electron chi connectivity index (χ4n) is 10.1. The number of nitrogens with zero attached hydrogens (tertiary/aromatic N) is 2. The van der Waals surface area contributed by atoms with Crippen LogP contribution in [-0.4, -0.2) is 89.1 Å². The van der Waals surface area contributed by atoms with E-state index in [1.807, 2.05) is 56.6 Å². The first-order valence-corrected chi connectivity index (χ1v) is 17.9. The Bertz CT molecular complexity index is 1490. The van der Waals surface area contributed by atoms with E-state index in [9.17, 15) is 19.8 Å². The highest BCUT2D eigenvalue weighted by molar-refractivity contribution is 5.95. The molecule has 0 aromatic heterocycles. The molecule has 262 valence electrons. The zero-order valence-corrected chi connectivity index (χ0v) is 29.9. The Labute approximate surface area is 286 Å². The van der Waals surface area contributed by atoms with Crippen molar-refractivity contribution < 1.29 is 24.6 Å². The molecule has 4 N–H and O–H groups in total. The molecule has 1 aliphatic heterocycles. The van der Waals surface area contributed by atoms with Gasteiger partial charge in [-0.05, 0) is 104 Å². The van der Waals surface area contributed by atoms with Gasteiger partial charge in [-0.15, -0.1) is 0 Å². The van der Waals surface area contributed by atoms with Gasteiger partial charge >= 0.3 is 0 Å². The van der Waals surface area contributed by atoms with Crippen LogP contribution < -0.4 is 10.6 Å². The smallest absolute Gasteiger partial charge is 0.251 e. The molecule has 6 rings (SSSR count). The number of likely N-dealkylation sites (N-methyl/N-ethyl adjacent to an activating group) is 1. The highest BCUT2D eigenvalue weighted by atomic mass is 16.7. The van der Waals surface area contributed by atoms with Gasteiger partial charge in [-0.3, -0.25) is 14.4 Å². The van der Waals surface area contributed by atoms with Crippen molar-refractivity contribution in [1.82, 2.24) is 20.6 Å². The Morgan fingerprint density at radius 3 is 2.35 bits per heavy atom. The third kappa shape index (κ3) is 6.00. The molecule has 9 nitrogen and oxygen atoms in total. The van der Waals surface area contributed by atoms with Crippen molar-refractivity contribution >= 4 is 11.8 Å². The fraction of sp³-hybridized carbons (Fsp3) is 0.641. The van der Waals surface area contributed by atoms with Crippen LogP contribution in [0.4, 0.5) is 0 Å². The summed E-state index contributed by atoms with van der Waals surface area (Å²) in [5, 5.41) is 29.4. The molecule has 0 bridgehead atoms. The van der Waals surface area contributed by atoms with E-state index in [-0.39, 0.29) is 30.0 Å². The number of hydrogen-bond acceptors (Lipinski definition) is 7. The zero-order chi connectivity index (χ0) is 34.7. The summed E-state index contributed by atoms with van der Waals surface area (Å²) in [6.07, 6.45) is 0.363. The number of rotatable bonds is 13. The summed E-state index contributed by atoms with van der Waals surface area (Å²) in [6, 6.07) is 15.0. The Morgan fingerprint density at radius 2 is 1.75 bits per heavy atom. The minimum absolute atomic E-state index is 0.0538. The Morgan fingerprint density at radius 1 is 1.06 bits per heavy atom. The zero-order valence-electron chi connectivity index (χ0n) is 29.9. The van der Waals surface area contributed by atoms with Crippen molar-refractivity contribution in [2.45, 2.75) is 90.8 Å². The molecule has 2 aromatic carbocycles. The fourth-order valence-corrected chi connectivity index (χ4v) is 10.1. The summed E-state index contributed by atoms with van der Waals surface area (Å²) >= 11 is 0. The first kappa shape index (κ1) is 35.0. The quantitative estimate of drug-likeness (QED) is 0.253. The Kier molecular flexibility index (Phi) is 9.59. The van der Waals surface area contributed by atoms with Crippen LogP contribution in [0.1, 0.15) is 70.3 Å². The summed E-state index contributed by atoms with van der Waals surface area (Å²) in [5.41, 5.74) is 3.55. The average molecular weight is 661 g/mol. The lowest BCUT2D eigenvalue weighted by Crippen LogP contribution is -2.90. The van der Waals surface area contributed by atoms with E-state index >= 15 is 0 Å². The van der Waals surface area contributed by atoms with Crippen molar-refractivity contribution in [2.24, 2.45) is 40.9 Å². The summed E-state index contributed by atoms with van der Waals surface area (Å²) in [5.74, 6) is 1.90. The summed E-state index contributed by atoms with van der Waals surface area (Å²) < 4.78 is 0. The number of carbonyl (C=O) groups is 2. The molecule has 2 amide bonds. The molecule has 0 spiro atoms. The number of nitrogens with one attached hydrogen (secondary N) is 2. The molecular formula is C39H56N4O5.